The van der Waals surface area contributed by atoms with E-state index in [2.05, 4.69) is 48.7 Å². The van der Waals surface area contributed by atoms with E-state index in [0.29, 0.717) is 97.2 Å². The quantitative estimate of drug-likeness (QED) is 0.0247. The fourth-order valence-corrected chi connectivity index (χ4v) is 17.3. The van der Waals surface area contributed by atoms with E-state index in [1.807, 2.05) is 55.4 Å². The first-order valence-electron chi connectivity index (χ1n) is 46.2. The first-order valence-corrected chi connectivity index (χ1v) is 46.6. The maximum absolute atomic E-state index is 15.7. The molecule has 130 heavy (non-hydrogen) atoms. The molecule has 34 nitrogen and oxygen atoms in total. The Morgan fingerprint density at radius 2 is 1.10 bits per heavy atom. The van der Waals surface area contributed by atoms with Crippen LogP contribution in [0.25, 0.3) is 22.0 Å². The zero-order valence-corrected chi connectivity index (χ0v) is 81.8. The summed E-state index contributed by atoms with van der Waals surface area (Å²) in [6.45, 7) is 33.7. The van der Waals surface area contributed by atoms with Gasteiger partial charge >= 0.3 is 0 Å². The number of aliphatic hydroxyl groups is 1. The summed E-state index contributed by atoms with van der Waals surface area (Å²) < 4.78 is 21.7. The van der Waals surface area contributed by atoms with Crippen LogP contribution in [-0.4, -0.2) is 312 Å². The lowest BCUT2D eigenvalue weighted by atomic mass is 9.90. The normalized spacial score (nSPS) is 22.6. The summed E-state index contributed by atoms with van der Waals surface area (Å²) in [5, 5.41) is 33.8. The third kappa shape index (κ3) is 29.1. The number of rotatable bonds is 30. The number of nitrogens with one attached hydrogen (secondary N) is 7. The summed E-state index contributed by atoms with van der Waals surface area (Å²) in [7, 11) is 9.74. The SMILES string of the molecule is C=CC(=O)N1CCN(c2nc(NCCC(=O)NCCCCCCNC(=O)CCC[C@@H](C)[C@@H](O)[C@H]3C(=O)N[C@@H](CC)C(=O)N(C)CC(=O)N(C)[C@@H](CC(C)C)C(=O)N[C@@H](C(C)C)C(=O)N(C)[C@@H](CC(C)C)C(=O)N[C@@H](C)C(=O)N[C@H](C)C(=O)N(C)[C@@H](CC(C)C)C(=O)N(C)C(CC(C)C)C(=O)N(C)[C@@H](C(C)C)C(=O)N3C)nc3c4c(c(Cl)cc23)-c2c(F)cccc2OCC4)CC1. The standard InChI is InChI=1S/C94H148ClFN18O16/c1-25-66-89(125)106(18)52-75(118)107(19)67(47-53(3)4)86(122)103-78(57(11)12)92(128)108(20)68(48-54(5)6)85(121)100-60(16)84(120)101-61(17)88(124)109(21)69(49-55(7)8)90(126)110(22)70(50-56(9)10)91(127)111(23)80(58(13)14)93(129)112(24)81(87(123)102-66)82(119)59(15)33-31-36-72(115)97-39-29-27-28-30-40-98-73(116)37-41-99-94-104-79-62-38-46-130-71-35-32-34-65(96)77(71)76(62)64(95)51-63(79)83(105-94)114-44-42-113(43-45-114)74(117)26-2/h26,32,34-35,51,53-61,66-70,78,80-82,119H,2,25,27-31,33,36-50,52H2,1,3-24H3,(H,97,115)(H,98,116)(H,100,121)(H,101,120)(H,102,123)(H,103,122)(H,99,104,105)/t59-,60+,61-,66+,67+,68+,69+,70?,78+,80+,81+,82-/m1/s1. The van der Waals surface area contributed by atoms with E-state index < -0.39 is 162 Å². The number of nitrogens with zero attached hydrogens (tertiary/aromatic N) is 11. The number of amides is 14. The minimum atomic E-state index is -1.76. The van der Waals surface area contributed by atoms with Crippen LogP contribution >= 0.6 is 11.6 Å². The van der Waals surface area contributed by atoms with Gasteiger partial charge in [0.15, 0.2) is 0 Å². The van der Waals surface area contributed by atoms with Gasteiger partial charge in [0.1, 0.15) is 77.8 Å². The molecule has 6 rings (SSSR count). The van der Waals surface area contributed by atoms with Gasteiger partial charge in [-0.05, 0) is 143 Å². The van der Waals surface area contributed by atoms with Gasteiger partial charge in [0, 0.05) is 130 Å². The van der Waals surface area contributed by atoms with Gasteiger partial charge in [-0.1, -0.05) is 134 Å². The van der Waals surface area contributed by atoms with Gasteiger partial charge in [-0.25, -0.2) is 9.37 Å². The monoisotopic (exact) mass is 1840 g/mol. The van der Waals surface area contributed by atoms with Crippen molar-refractivity contribution in [2.75, 3.05) is 119 Å². The number of carbonyl (C=O) groups excluding carboxylic acids is 14. The van der Waals surface area contributed by atoms with Crippen molar-refractivity contribution >= 4 is 117 Å². The highest BCUT2D eigenvalue weighted by Crippen LogP contribution is 2.46. The van der Waals surface area contributed by atoms with Gasteiger partial charge in [-0.15, -0.1) is 0 Å². The molecule has 12 atom stereocenters. The number of aliphatic hydroxyl groups excluding tert-OH is 1. The fraction of sp³-hybridized carbons (Fsp3) is 0.681. The molecule has 8 N–H and O–H groups in total. The summed E-state index contributed by atoms with van der Waals surface area (Å²) in [4.78, 5) is 224. The minimum Gasteiger partial charge on any atom is -0.492 e. The fourth-order valence-electron chi connectivity index (χ4n) is 17.0. The maximum atomic E-state index is 15.7. The van der Waals surface area contributed by atoms with Crippen molar-refractivity contribution in [3.05, 3.63) is 53.3 Å². The van der Waals surface area contributed by atoms with E-state index >= 15 is 23.6 Å². The molecular formula is C94H148ClFN18O16. The molecule has 0 saturated carbocycles. The zero-order valence-electron chi connectivity index (χ0n) is 81.0. The lowest BCUT2D eigenvalue weighted by Crippen LogP contribution is -2.63. The molecule has 1 aromatic heterocycles. The lowest BCUT2D eigenvalue weighted by Gasteiger charge is -2.41. The van der Waals surface area contributed by atoms with Crippen LogP contribution in [0.15, 0.2) is 36.9 Å². The van der Waals surface area contributed by atoms with Crippen molar-refractivity contribution in [3.63, 3.8) is 0 Å². The summed E-state index contributed by atoms with van der Waals surface area (Å²) in [5.41, 5.74) is 1.97. The number of aromatic nitrogens is 2. The second-order valence-electron chi connectivity index (χ2n) is 37.7. The van der Waals surface area contributed by atoms with Crippen LogP contribution in [0.3, 0.4) is 0 Å². The lowest BCUT2D eigenvalue weighted by molar-refractivity contribution is -0.157. The summed E-state index contributed by atoms with van der Waals surface area (Å²) in [6.07, 6.45) is 3.65. The Hall–Kier alpha value is -10.3. The number of hydrogen-bond donors (Lipinski definition) is 8. The third-order valence-electron chi connectivity index (χ3n) is 24.7. The Bertz CT molecular complexity index is 4470. The first-order chi connectivity index (χ1) is 61.1. The van der Waals surface area contributed by atoms with Crippen LogP contribution in [-0.2, 0) is 73.5 Å². The molecule has 14 amide bonds. The molecule has 2 aromatic carbocycles. The Morgan fingerprint density at radius 3 is 1.65 bits per heavy atom. The van der Waals surface area contributed by atoms with Gasteiger partial charge in [0.05, 0.1) is 30.3 Å². The van der Waals surface area contributed by atoms with E-state index in [1.165, 1.54) is 99.8 Å². The van der Waals surface area contributed by atoms with Crippen LogP contribution in [0.5, 0.6) is 5.75 Å². The summed E-state index contributed by atoms with van der Waals surface area (Å²) >= 11 is 7.03. The smallest absolute Gasteiger partial charge is 0.246 e. The number of unbranched alkanes of at least 4 members (excludes halogenated alkanes) is 3. The maximum Gasteiger partial charge on any atom is 0.246 e. The Balaban J connectivity index is 1.18. The Kier molecular flexibility index (Phi) is 42.0. The molecule has 4 heterocycles. The van der Waals surface area contributed by atoms with Gasteiger partial charge < -0.3 is 91.2 Å². The van der Waals surface area contributed by atoms with Crippen LogP contribution in [0, 0.1) is 47.2 Å². The average molecular weight is 1840 g/mol. The topological polar surface area (TPSA) is 408 Å². The van der Waals surface area contributed by atoms with E-state index in [4.69, 9.17) is 26.3 Å². The predicted octanol–water partition coefficient (Wildman–Crippen LogP) is 6.94. The van der Waals surface area contributed by atoms with E-state index in [9.17, 15) is 53.1 Å². The summed E-state index contributed by atoms with van der Waals surface area (Å²) in [6, 6.07) is -6.68. The molecule has 0 aliphatic carbocycles. The number of hydrogen-bond acceptors (Lipinski definition) is 20. The molecule has 0 radical (unpaired) electrons. The largest absolute Gasteiger partial charge is 0.492 e. The van der Waals surface area contributed by atoms with E-state index in [1.54, 1.807) is 64.6 Å². The highest BCUT2D eigenvalue weighted by atomic mass is 35.5. The molecule has 36 heteroatoms. The molecular weight excluding hydrogens is 1690 g/mol. The number of piperazine rings is 1. The molecule has 2 saturated heterocycles. The zero-order chi connectivity index (χ0) is 97.3. The summed E-state index contributed by atoms with van der Waals surface area (Å²) in [5.74, 6) is -10.7. The number of benzene rings is 2. The van der Waals surface area contributed by atoms with Crippen LogP contribution in [0.2, 0.25) is 5.02 Å². The minimum absolute atomic E-state index is 0.0285. The van der Waals surface area contributed by atoms with Crippen LogP contribution < -0.4 is 46.9 Å². The highest BCUT2D eigenvalue weighted by molar-refractivity contribution is 6.35. The van der Waals surface area contributed by atoms with E-state index in [-0.39, 0.29) is 124 Å². The van der Waals surface area contributed by atoms with Crippen LogP contribution in [0.4, 0.5) is 16.2 Å². The van der Waals surface area contributed by atoms with Gasteiger partial charge in [-0.2, -0.15) is 4.98 Å². The number of ether oxygens (including phenoxy) is 1. The second-order valence-corrected chi connectivity index (χ2v) is 38.1. The molecule has 3 aliphatic rings. The molecule has 724 valence electrons. The first kappa shape index (κ1) is 108. The van der Waals surface area contributed by atoms with E-state index in [0.717, 1.165) is 22.6 Å². The van der Waals surface area contributed by atoms with Crippen molar-refractivity contribution in [2.24, 2.45) is 41.4 Å². The number of halogens is 2. The predicted molar refractivity (Wildman–Crippen MR) is 499 cm³/mol. The van der Waals surface area contributed by atoms with Gasteiger partial charge in [0.2, 0.25) is 88.6 Å². The molecule has 0 bridgehead atoms. The van der Waals surface area contributed by atoms with Crippen molar-refractivity contribution in [2.45, 2.75) is 267 Å². The number of anilines is 2. The number of fused-ring (bicyclic) bond motifs is 5. The second kappa shape index (κ2) is 50.3. The molecule has 0 spiro atoms. The van der Waals surface area contributed by atoms with Crippen LogP contribution in [0.1, 0.15) is 200 Å². The van der Waals surface area contributed by atoms with Gasteiger partial charge in [-0.3, -0.25) is 67.1 Å². The van der Waals surface area contributed by atoms with Crippen molar-refractivity contribution < 1.29 is 81.4 Å². The highest BCUT2D eigenvalue weighted by Gasteiger charge is 2.47. The average Bonchev–Trinajstić information content (AvgIpc) is 1.29. The van der Waals surface area contributed by atoms with Crippen molar-refractivity contribution in [3.8, 4) is 16.9 Å². The molecule has 1 unspecified atom stereocenters. The molecule has 3 aliphatic heterocycles. The molecule has 3 aromatic rings. The van der Waals surface area contributed by atoms with Gasteiger partial charge in [0.25, 0.3) is 0 Å². The van der Waals surface area contributed by atoms with Crippen molar-refractivity contribution in [1.29, 1.82) is 0 Å². The molecule has 2 fully saturated rings. The number of likely N-dealkylation sites (N-methyl/N-ethyl adjacent to an activating group) is 7. The number of carbonyl (C=O) groups is 14. The third-order valence-corrected chi connectivity index (χ3v) is 25.0. The Labute approximate surface area is 772 Å². The Morgan fingerprint density at radius 1 is 0.577 bits per heavy atom. The van der Waals surface area contributed by atoms with Crippen molar-refractivity contribution in [1.82, 2.24) is 81.1 Å².